The molecule has 150 valence electrons. The van der Waals surface area contributed by atoms with Gasteiger partial charge in [0.15, 0.2) is 5.65 Å². The smallest absolute Gasteiger partial charge is 0.281 e. The highest BCUT2D eigenvalue weighted by atomic mass is 16.3. The number of rotatable bonds is 6. The van der Waals surface area contributed by atoms with Crippen molar-refractivity contribution < 1.29 is 14.0 Å². The van der Waals surface area contributed by atoms with Gasteiger partial charge in [-0.05, 0) is 37.1 Å². The quantitative estimate of drug-likeness (QED) is 0.650. The molecule has 0 aliphatic carbocycles. The average Bonchev–Trinajstić information content (AvgIpc) is 3.45. The van der Waals surface area contributed by atoms with E-state index in [4.69, 9.17) is 4.42 Å². The number of anilines is 1. The van der Waals surface area contributed by atoms with Crippen LogP contribution in [0.3, 0.4) is 0 Å². The van der Waals surface area contributed by atoms with Gasteiger partial charge < -0.3 is 20.0 Å². The first-order chi connectivity index (χ1) is 14.1. The van der Waals surface area contributed by atoms with Crippen LogP contribution >= 0.6 is 0 Å². The number of nitrogens with zero attached hydrogens (tertiary/aromatic N) is 3. The van der Waals surface area contributed by atoms with Gasteiger partial charge in [0, 0.05) is 19.3 Å². The number of nitrogens with one attached hydrogen (secondary N) is 2. The molecule has 4 rings (SSSR count). The van der Waals surface area contributed by atoms with Gasteiger partial charge in [-0.1, -0.05) is 0 Å². The van der Waals surface area contributed by atoms with Gasteiger partial charge >= 0.3 is 0 Å². The summed E-state index contributed by atoms with van der Waals surface area (Å²) in [6.07, 6.45) is 6.45. The van der Waals surface area contributed by atoms with E-state index in [0.717, 1.165) is 25.9 Å². The van der Waals surface area contributed by atoms with Crippen LogP contribution in [0.15, 0.2) is 52.1 Å². The zero-order chi connectivity index (χ0) is 20.2. The van der Waals surface area contributed by atoms with Crippen molar-refractivity contribution >= 4 is 23.1 Å². The van der Waals surface area contributed by atoms with Gasteiger partial charge in [0.2, 0.25) is 5.91 Å². The molecule has 0 radical (unpaired) electrons. The van der Waals surface area contributed by atoms with Crippen LogP contribution in [0.4, 0.5) is 5.69 Å². The number of fused-ring (bicyclic) bond motifs is 1. The number of amides is 2. The minimum atomic E-state index is -0.370. The number of furan rings is 1. The molecule has 9 heteroatoms. The molecule has 29 heavy (non-hydrogen) atoms. The van der Waals surface area contributed by atoms with Crippen LogP contribution in [0.5, 0.6) is 0 Å². The molecule has 3 aromatic heterocycles. The number of carbonyl (C=O) groups excluding carboxylic acids is 2. The maximum atomic E-state index is 12.8. The monoisotopic (exact) mass is 395 g/mol. The number of likely N-dealkylation sites (tertiary alicyclic amines) is 1. The fourth-order valence-electron chi connectivity index (χ4n) is 3.33. The molecule has 1 fully saturated rings. The maximum absolute atomic E-state index is 12.8. The molecule has 1 aliphatic heterocycles. The highest BCUT2D eigenvalue weighted by Gasteiger charge is 2.18. The van der Waals surface area contributed by atoms with Gasteiger partial charge in [0.25, 0.3) is 11.5 Å². The average molecular weight is 395 g/mol. The van der Waals surface area contributed by atoms with E-state index in [1.807, 2.05) is 0 Å². The Labute approximate surface area is 166 Å². The molecule has 0 aromatic carbocycles. The second-order valence-electron chi connectivity index (χ2n) is 6.80. The first-order valence-electron chi connectivity index (χ1n) is 9.46. The lowest BCUT2D eigenvalue weighted by atomic mass is 10.2. The lowest BCUT2D eigenvalue weighted by Crippen LogP contribution is -2.34. The van der Waals surface area contributed by atoms with Crippen LogP contribution < -0.4 is 16.2 Å². The molecule has 0 unspecified atom stereocenters. The van der Waals surface area contributed by atoms with E-state index in [9.17, 15) is 14.4 Å². The predicted octanol–water partition coefficient (Wildman–Crippen LogP) is 1.25. The number of carbonyl (C=O) groups is 2. The van der Waals surface area contributed by atoms with Crippen molar-refractivity contribution in [3.05, 3.63) is 64.6 Å². The number of aromatic nitrogens is 2. The molecular weight excluding hydrogens is 374 g/mol. The summed E-state index contributed by atoms with van der Waals surface area (Å²) in [5.41, 5.74) is 0.356. The molecule has 0 spiro atoms. The Bertz CT molecular complexity index is 1080. The van der Waals surface area contributed by atoms with Gasteiger partial charge in [-0.25, -0.2) is 4.98 Å². The third-order valence-corrected chi connectivity index (χ3v) is 4.87. The largest absolute Gasteiger partial charge is 0.467 e. The Morgan fingerprint density at radius 3 is 2.76 bits per heavy atom. The molecule has 1 saturated heterocycles. The Kier molecular flexibility index (Phi) is 5.28. The normalized spacial score (nSPS) is 13.6. The van der Waals surface area contributed by atoms with Crippen molar-refractivity contribution in [2.45, 2.75) is 19.4 Å². The standard InChI is InChI=1S/C20H21N5O4/c26-17(24-7-1-2-8-24)13-21-16-12-22-18-15(6-3-9-25(18)20(16)28)19(27)23-11-14-5-4-10-29-14/h3-6,9-10,12,21H,1-2,7-8,11,13H2,(H,23,27). The predicted molar refractivity (Wildman–Crippen MR) is 106 cm³/mol. The van der Waals surface area contributed by atoms with Gasteiger partial charge in [-0.2, -0.15) is 0 Å². The van der Waals surface area contributed by atoms with E-state index in [1.54, 1.807) is 35.4 Å². The van der Waals surface area contributed by atoms with E-state index in [2.05, 4.69) is 15.6 Å². The van der Waals surface area contributed by atoms with Crippen LogP contribution in [0.25, 0.3) is 5.65 Å². The highest BCUT2D eigenvalue weighted by Crippen LogP contribution is 2.11. The summed E-state index contributed by atoms with van der Waals surface area (Å²) < 4.78 is 6.50. The first-order valence-corrected chi connectivity index (χ1v) is 9.46. The minimum Gasteiger partial charge on any atom is -0.467 e. The molecule has 0 bridgehead atoms. The molecule has 2 N–H and O–H groups in total. The van der Waals surface area contributed by atoms with Crippen LogP contribution in [-0.2, 0) is 11.3 Å². The summed E-state index contributed by atoms with van der Waals surface area (Å²) in [6.45, 7) is 1.78. The second-order valence-corrected chi connectivity index (χ2v) is 6.80. The summed E-state index contributed by atoms with van der Waals surface area (Å²) in [7, 11) is 0. The van der Waals surface area contributed by atoms with Crippen LogP contribution in [0, 0.1) is 0 Å². The Morgan fingerprint density at radius 2 is 2.00 bits per heavy atom. The van der Waals surface area contributed by atoms with Crippen LogP contribution in [0.2, 0.25) is 0 Å². The Hall–Kier alpha value is -3.62. The van der Waals surface area contributed by atoms with Crippen molar-refractivity contribution in [1.82, 2.24) is 19.6 Å². The van der Waals surface area contributed by atoms with Crippen molar-refractivity contribution in [2.75, 3.05) is 25.0 Å². The highest BCUT2D eigenvalue weighted by molar-refractivity contribution is 5.99. The fourth-order valence-corrected chi connectivity index (χ4v) is 3.33. The van der Waals surface area contributed by atoms with Gasteiger partial charge in [-0.15, -0.1) is 0 Å². The Morgan fingerprint density at radius 1 is 1.17 bits per heavy atom. The summed E-state index contributed by atoms with van der Waals surface area (Å²) >= 11 is 0. The molecule has 4 heterocycles. The van der Waals surface area contributed by atoms with Crippen LogP contribution in [0.1, 0.15) is 29.0 Å². The molecule has 9 nitrogen and oxygen atoms in total. The number of pyridine rings is 1. The Balaban J connectivity index is 1.51. The fraction of sp³-hybridized carbons (Fsp3) is 0.300. The number of hydrogen-bond donors (Lipinski definition) is 2. The van der Waals surface area contributed by atoms with E-state index in [1.165, 1.54) is 16.9 Å². The molecule has 1 aliphatic rings. The van der Waals surface area contributed by atoms with Gasteiger partial charge in [0.1, 0.15) is 11.4 Å². The third kappa shape index (κ3) is 3.98. The van der Waals surface area contributed by atoms with Crippen LogP contribution in [-0.4, -0.2) is 45.7 Å². The van der Waals surface area contributed by atoms with Gasteiger partial charge in [-0.3, -0.25) is 18.8 Å². The lowest BCUT2D eigenvalue weighted by Gasteiger charge is -2.16. The van der Waals surface area contributed by atoms with Crippen molar-refractivity contribution in [3.63, 3.8) is 0 Å². The molecular formula is C20H21N5O4. The summed E-state index contributed by atoms with van der Waals surface area (Å²) in [4.78, 5) is 43.5. The SMILES string of the molecule is O=C(NCc1ccco1)c1cccn2c(=O)c(NCC(=O)N3CCCC3)cnc12. The third-order valence-electron chi connectivity index (χ3n) is 4.87. The molecule has 0 atom stereocenters. The first kappa shape index (κ1) is 18.7. The zero-order valence-corrected chi connectivity index (χ0v) is 15.8. The second kappa shape index (κ2) is 8.17. The number of hydrogen-bond acceptors (Lipinski definition) is 6. The summed E-state index contributed by atoms with van der Waals surface area (Å²) in [5, 5.41) is 5.62. The minimum absolute atomic E-state index is 0.0340. The van der Waals surface area contributed by atoms with E-state index >= 15 is 0 Å². The summed E-state index contributed by atoms with van der Waals surface area (Å²) in [6, 6.07) is 6.71. The van der Waals surface area contributed by atoms with Crippen molar-refractivity contribution in [2.24, 2.45) is 0 Å². The molecule has 2 amide bonds. The van der Waals surface area contributed by atoms with E-state index in [-0.39, 0.29) is 47.4 Å². The van der Waals surface area contributed by atoms with Crippen molar-refractivity contribution in [3.8, 4) is 0 Å². The lowest BCUT2D eigenvalue weighted by molar-refractivity contribution is -0.128. The maximum Gasteiger partial charge on any atom is 0.281 e. The van der Waals surface area contributed by atoms with E-state index < -0.39 is 0 Å². The molecule has 0 saturated carbocycles. The topological polar surface area (TPSA) is 109 Å². The summed E-state index contributed by atoms with van der Waals surface area (Å²) in [5.74, 6) is 0.215. The van der Waals surface area contributed by atoms with Crippen molar-refractivity contribution in [1.29, 1.82) is 0 Å². The molecule has 3 aromatic rings. The van der Waals surface area contributed by atoms with E-state index in [0.29, 0.717) is 5.76 Å². The van der Waals surface area contributed by atoms with Gasteiger partial charge in [0.05, 0.1) is 31.1 Å². The zero-order valence-electron chi connectivity index (χ0n) is 15.8.